The lowest BCUT2D eigenvalue weighted by Gasteiger charge is -1.96. The molecule has 0 saturated carbocycles. The van der Waals surface area contributed by atoms with E-state index < -0.39 is 0 Å². The molecular weight excluding hydrogens is 156 g/mol. The van der Waals surface area contributed by atoms with Gasteiger partial charge in [0, 0.05) is 13.5 Å². The van der Waals surface area contributed by atoms with Crippen molar-refractivity contribution in [1.82, 2.24) is 10.2 Å². The summed E-state index contributed by atoms with van der Waals surface area (Å²) in [5.74, 6) is 1.78. The Hall–Kier alpha value is -0.900. The highest BCUT2D eigenvalue weighted by molar-refractivity contribution is 4.81. The van der Waals surface area contributed by atoms with Gasteiger partial charge in [0.1, 0.15) is 6.61 Å². The topological polar surface area (TPSA) is 48.2 Å². The van der Waals surface area contributed by atoms with Crippen LogP contribution in [-0.4, -0.2) is 17.3 Å². The van der Waals surface area contributed by atoms with Crippen LogP contribution in [0.4, 0.5) is 0 Å². The van der Waals surface area contributed by atoms with Gasteiger partial charge in [-0.25, -0.2) is 0 Å². The zero-order valence-electron chi connectivity index (χ0n) is 7.70. The van der Waals surface area contributed by atoms with E-state index in [9.17, 15) is 0 Å². The summed E-state index contributed by atoms with van der Waals surface area (Å²) in [5.41, 5.74) is 0. The third-order valence-electron chi connectivity index (χ3n) is 1.36. The van der Waals surface area contributed by atoms with Crippen LogP contribution in [0, 0.1) is 5.92 Å². The largest absolute Gasteiger partial charge is 0.423 e. The van der Waals surface area contributed by atoms with Crippen molar-refractivity contribution >= 4 is 0 Å². The first-order valence-electron chi connectivity index (χ1n) is 4.02. The second kappa shape index (κ2) is 4.21. The Morgan fingerprint density at radius 3 is 2.58 bits per heavy atom. The van der Waals surface area contributed by atoms with Crippen LogP contribution in [0.1, 0.15) is 25.6 Å². The van der Waals surface area contributed by atoms with Crippen molar-refractivity contribution < 1.29 is 9.15 Å². The van der Waals surface area contributed by atoms with Gasteiger partial charge in [-0.3, -0.25) is 0 Å². The standard InChI is InChI=1S/C8H14N2O2/c1-6(2)4-7-9-10-8(12-7)5-11-3/h6H,4-5H2,1-3H3. The lowest BCUT2D eigenvalue weighted by Crippen LogP contribution is -1.93. The molecule has 0 fully saturated rings. The molecule has 0 bridgehead atoms. The van der Waals surface area contributed by atoms with Crippen molar-refractivity contribution in [2.24, 2.45) is 5.92 Å². The molecule has 0 amide bonds. The Balaban J connectivity index is 2.52. The van der Waals surface area contributed by atoms with E-state index in [1.54, 1.807) is 7.11 Å². The molecule has 0 aliphatic heterocycles. The van der Waals surface area contributed by atoms with E-state index in [0.29, 0.717) is 24.3 Å². The summed E-state index contributed by atoms with van der Waals surface area (Å²) in [4.78, 5) is 0. The second-order valence-corrected chi connectivity index (χ2v) is 3.12. The van der Waals surface area contributed by atoms with E-state index in [2.05, 4.69) is 24.0 Å². The van der Waals surface area contributed by atoms with E-state index in [0.717, 1.165) is 6.42 Å². The van der Waals surface area contributed by atoms with Crippen molar-refractivity contribution in [2.75, 3.05) is 7.11 Å². The van der Waals surface area contributed by atoms with Gasteiger partial charge in [0.15, 0.2) is 0 Å². The molecule has 1 heterocycles. The Morgan fingerprint density at radius 2 is 2.00 bits per heavy atom. The zero-order valence-corrected chi connectivity index (χ0v) is 7.70. The minimum Gasteiger partial charge on any atom is -0.423 e. The monoisotopic (exact) mass is 170 g/mol. The first-order chi connectivity index (χ1) is 5.72. The average Bonchev–Trinajstić information content (AvgIpc) is 2.36. The van der Waals surface area contributed by atoms with Crippen LogP contribution < -0.4 is 0 Å². The van der Waals surface area contributed by atoms with Crippen molar-refractivity contribution in [2.45, 2.75) is 26.9 Å². The summed E-state index contributed by atoms with van der Waals surface area (Å²) < 4.78 is 10.1. The second-order valence-electron chi connectivity index (χ2n) is 3.12. The number of hydrogen-bond donors (Lipinski definition) is 0. The van der Waals surface area contributed by atoms with Gasteiger partial charge >= 0.3 is 0 Å². The molecular formula is C8H14N2O2. The summed E-state index contributed by atoms with van der Waals surface area (Å²) in [6.07, 6.45) is 0.830. The van der Waals surface area contributed by atoms with Gasteiger partial charge in [-0.05, 0) is 5.92 Å². The SMILES string of the molecule is COCc1nnc(CC(C)C)o1. The van der Waals surface area contributed by atoms with Gasteiger partial charge < -0.3 is 9.15 Å². The molecule has 4 nitrogen and oxygen atoms in total. The smallest absolute Gasteiger partial charge is 0.242 e. The van der Waals surface area contributed by atoms with Crippen molar-refractivity contribution in [3.05, 3.63) is 11.8 Å². The normalized spacial score (nSPS) is 11.0. The fourth-order valence-corrected chi connectivity index (χ4v) is 0.902. The highest BCUT2D eigenvalue weighted by atomic mass is 16.5. The van der Waals surface area contributed by atoms with Crippen molar-refractivity contribution in [1.29, 1.82) is 0 Å². The molecule has 0 unspecified atom stereocenters. The van der Waals surface area contributed by atoms with E-state index in [-0.39, 0.29) is 0 Å². The lowest BCUT2D eigenvalue weighted by atomic mass is 10.1. The number of hydrogen-bond acceptors (Lipinski definition) is 4. The first kappa shape index (κ1) is 9.19. The Bertz CT molecular complexity index is 233. The Labute approximate surface area is 71.9 Å². The van der Waals surface area contributed by atoms with Gasteiger partial charge in [0.25, 0.3) is 0 Å². The summed E-state index contributed by atoms with van der Waals surface area (Å²) >= 11 is 0. The summed E-state index contributed by atoms with van der Waals surface area (Å²) in [7, 11) is 1.60. The van der Waals surface area contributed by atoms with Gasteiger partial charge in [-0.1, -0.05) is 13.8 Å². The fourth-order valence-electron chi connectivity index (χ4n) is 0.902. The van der Waals surface area contributed by atoms with E-state index in [1.165, 1.54) is 0 Å². The summed E-state index contributed by atoms with van der Waals surface area (Å²) in [5, 5.41) is 7.70. The van der Waals surface area contributed by atoms with Crippen LogP contribution in [0.25, 0.3) is 0 Å². The van der Waals surface area contributed by atoms with Gasteiger partial charge in [0.2, 0.25) is 11.8 Å². The maximum absolute atomic E-state index is 5.29. The molecule has 0 saturated heterocycles. The minimum atomic E-state index is 0.394. The van der Waals surface area contributed by atoms with Gasteiger partial charge in [-0.15, -0.1) is 10.2 Å². The van der Waals surface area contributed by atoms with Crippen LogP contribution in [0.5, 0.6) is 0 Å². The molecule has 0 aliphatic carbocycles. The van der Waals surface area contributed by atoms with E-state index >= 15 is 0 Å². The average molecular weight is 170 g/mol. The summed E-state index contributed by atoms with van der Waals surface area (Å²) in [6.45, 7) is 4.62. The third kappa shape index (κ3) is 2.62. The van der Waals surface area contributed by atoms with Crippen LogP contribution in [0.2, 0.25) is 0 Å². The Morgan fingerprint density at radius 1 is 1.33 bits per heavy atom. The van der Waals surface area contributed by atoms with Crippen LogP contribution >= 0.6 is 0 Å². The lowest BCUT2D eigenvalue weighted by molar-refractivity contribution is 0.157. The molecule has 0 spiro atoms. The molecule has 12 heavy (non-hydrogen) atoms. The molecule has 0 aliphatic rings. The highest BCUT2D eigenvalue weighted by Crippen LogP contribution is 2.06. The first-order valence-corrected chi connectivity index (χ1v) is 4.02. The van der Waals surface area contributed by atoms with Crippen LogP contribution in [0.15, 0.2) is 4.42 Å². The quantitative estimate of drug-likeness (QED) is 0.685. The molecule has 68 valence electrons. The number of rotatable bonds is 4. The molecule has 0 radical (unpaired) electrons. The molecule has 0 aromatic carbocycles. The fraction of sp³-hybridized carbons (Fsp3) is 0.750. The number of ether oxygens (including phenoxy) is 1. The molecule has 1 rings (SSSR count). The van der Waals surface area contributed by atoms with Crippen LogP contribution in [-0.2, 0) is 17.8 Å². The van der Waals surface area contributed by atoms with Crippen LogP contribution in [0.3, 0.4) is 0 Å². The van der Waals surface area contributed by atoms with Gasteiger partial charge in [-0.2, -0.15) is 0 Å². The summed E-state index contributed by atoms with van der Waals surface area (Å²) in [6, 6.07) is 0. The van der Waals surface area contributed by atoms with Gasteiger partial charge in [0.05, 0.1) is 0 Å². The molecule has 0 N–H and O–H groups in total. The molecule has 4 heteroatoms. The van der Waals surface area contributed by atoms with E-state index in [4.69, 9.17) is 9.15 Å². The number of methoxy groups -OCH3 is 1. The third-order valence-corrected chi connectivity index (χ3v) is 1.36. The van der Waals surface area contributed by atoms with E-state index in [1.807, 2.05) is 0 Å². The zero-order chi connectivity index (χ0) is 8.97. The maximum Gasteiger partial charge on any atom is 0.242 e. The molecule has 0 atom stereocenters. The maximum atomic E-state index is 5.29. The number of nitrogens with zero attached hydrogens (tertiary/aromatic N) is 2. The minimum absolute atomic E-state index is 0.394. The Kier molecular flexibility index (Phi) is 3.22. The van der Waals surface area contributed by atoms with Crippen molar-refractivity contribution in [3.8, 4) is 0 Å². The number of aromatic nitrogens is 2. The molecule has 1 aromatic heterocycles. The molecule has 1 aromatic rings. The van der Waals surface area contributed by atoms with Crippen molar-refractivity contribution in [3.63, 3.8) is 0 Å². The predicted octanol–water partition coefficient (Wildman–Crippen LogP) is 1.41. The highest BCUT2D eigenvalue weighted by Gasteiger charge is 2.06. The predicted molar refractivity (Wildman–Crippen MR) is 43.6 cm³/mol.